The number of nitrogens with one attached hydrogen (secondary N) is 1. The Bertz CT molecular complexity index is 1170. The molecule has 1 aliphatic rings. The molecule has 0 aliphatic carbocycles. The number of fused-ring (bicyclic) bond motifs is 1. The van der Waals surface area contributed by atoms with Crippen LogP contribution in [0.1, 0.15) is 53.4 Å². The molecule has 0 unspecified atom stereocenters. The minimum absolute atomic E-state index is 0.0195. The fourth-order valence-electron chi connectivity index (χ4n) is 4.41. The van der Waals surface area contributed by atoms with Crippen molar-refractivity contribution in [2.75, 3.05) is 19.7 Å². The van der Waals surface area contributed by atoms with Crippen molar-refractivity contribution in [3.05, 3.63) is 70.9 Å². The molecule has 33 heavy (non-hydrogen) atoms. The molecule has 0 spiro atoms. The number of ether oxygens (including phenoxy) is 1. The van der Waals surface area contributed by atoms with Crippen molar-refractivity contribution in [2.45, 2.75) is 46.1 Å². The van der Waals surface area contributed by atoms with Crippen LogP contribution in [-0.4, -0.2) is 47.4 Å². The van der Waals surface area contributed by atoms with Crippen LogP contribution in [0, 0.1) is 13.8 Å². The zero-order valence-corrected chi connectivity index (χ0v) is 19.7. The number of amides is 2. The highest BCUT2D eigenvalue weighted by Crippen LogP contribution is 2.30. The number of pyridine rings is 1. The minimum Gasteiger partial charge on any atom is -0.483 e. The van der Waals surface area contributed by atoms with Crippen molar-refractivity contribution in [2.24, 2.45) is 0 Å². The largest absolute Gasteiger partial charge is 0.483 e. The molecular weight excluding hydrogens is 414 g/mol. The van der Waals surface area contributed by atoms with Gasteiger partial charge in [0, 0.05) is 36.1 Å². The maximum Gasteiger partial charge on any atom is 0.260 e. The monoisotopic (exact) mass is 445 g/mol. The van der Waals surface area contributed by atoms with Gasteiger partial charge in [0.15, 0.2) is 6.61 Å². The summed E-state index contributed by atoms with van der Waals surface area (Å²) in [4.78, 5) is 32.4. The number of carbonyl (C=O) groups excluding carboxylic acids is 2. The molecular formula is C27H31N3O3. The molecule has 1 fully saturated rings. The van der Waals surface area contributed by atoms with Crippen LogP contribution in [0.4, 0.5) is 0 Å². The lowest BCUT2D eigenvalue weighted by molar-refractivity contribution is -0.132. The van der Waals surface area contributed by atoms with Crippen LogP contribution in [0.15, 0.2) is 48.5 Å². The van der Waals surface area contributed by atoms with Gasteiger partial charge >= 0.3 is 0 Å². The van der Waals surface area contributed by atoms with Crippen molar-refractivity contribution in [1.29, 1.82) is 0 Å². The smallest absolute Gasteiger partial charge is 0.260 e. The summed E-state index contributed by atoms with van der Waals surface area (Å²) in [5, 5.41) is 3.83. The quantitative estimate of drug-likeness (QED) is 0.611. The van der Waals surface area contributed by atoms with E-state index in [0.717, 1.165) is 39.9 Å². The Morgan fingerprint density at radius 2 is 1.85 bits per heavy atom. The standard InChI is InChI=1S/C27H31N3O3/c1-17(2)28-27(32)22-14-24(29-23-11-6-5-10-21(22)23)20-12-13-30(15-20)25(31)16-33-26-18(3)8-7-9-19(26)4/h5-11,14,17,20H,12-13,15-16H2,1-4H3,(H,28,32)/t20-/m0/s1. The second-order valence-corrected chi connectivity index (χ2v) is 9.07. The van der Waals surface area contributed by atoms with Crippen LogP contribution in [-0.2, 0) is 4.79 Å². The van der Waals surface area contributed by atoms with E-state index in [0.29, 0.717) is 18.7 Å². The highest BCUT2D eigenvalue weighted by atomic mass is 16.5. The molecule has 2 aromatic carbocycles. The molecule has 6 nitrogen and oxygen atoms in total. The summed E-state index contributed by atoms with van der Waals surface area (Å²) in [7, 11) is 0. The summed E-state index contributed by atoms with van der Waals surface area (Å²) < 4.78 is 5.87. The van der Waals surface area contributed by atoms with Crippen LogP contribution >= 0.6 is 0 Å². The predicted molar refractivity (Wildman–Crippen MR) is 130 cm³/mol. The highest BCUT2D eigenvalue weighted by Gasteiger charge is 2.29. The first-order valence-corrected chi connectivity index (χ1v) is 11.5. The number of aromatic nitrogens is 1. The van der Waals surface area contributed by atoms with Crippen molar-refractivity contribution >= 4 is 22.7 Å². The molecule has 2 heterocycles. The Kier molecular flexibility index (Phi) is 6.63. The maximum absolute atomic E-state index is 12.9. The summed E-state index contributed by atoms with van der Waals surface area (Å²) in [6.07, 6.45) is 0.811. The first-order chi connectivity index (χ1) is 15.8. The van der Waals surface area contributed by atoms with Crippen LogP contribution in [0.5, 0.6) is 5.75 Å². The second kappa shape index (κ2) is 9.61. The van der Waals surface area contributed by atoms with E-state index in [1.54, 1.807) is 0 Å². The molecule has 172 valence electrons. The summed E-state index contributed by atoms with van der Waals surface area (Å²) >= 11 is 0. The predicted octanol–water partition coefficient (Wildman–Crippen LogP) is 4.38. The van der Waals surface area contributed by atoms with Gasteiger partial charge in [-0.3, -0.25) is 14.6 Å². The van der Waals surface area contributed by atoms with Crippen molar-refractivity contribution in [3.8, 4) is 5.75 Å². The Hall–Kier alpha value is -3.41. The molecule has 4 rings (SSSR count). The Balaban J connectivity index is 1.50. The van der Waals surface area contributed by atoms with Gasteiger partial charge in [0.25, 0.3) is 11.8 Å². The van der Waals surface area contributed by atoms with E-state index in [1.165, 1.54) is 0 Å². The molecule has 1 saturated heterocycles. The van der Waals surface area contributed by atoms with E-state index in [-0.39, 0.29) is 30.4 Å². The minimum atomic E-state index is -0.0993. The van der Waals surface area contributed by atoms with E-state index in [2.05, 4.69) is 5.32 Å². The van der Waals surface area contributed by atoms with E-state index in [1.807, 2.05) is 81.1 Å². The number of para-hydroxylation sites is 2. The third-order valence-corrected chi connectivity index (χ3v) is 6.11. The van der Waals surface area contributed by atoms with Gasteiger partial charge in [-0.2, -0.15) is 0 Å². The van der Waals surface area contributed by atoms with Gasteiger partial charge in [-0.1, -0.05) is 36.4 Å². The van der Waals surface area contributed by atoms with Gasteiger partial charge in [0.2, 0.25) is 0 Å². The van der Waals surface area contributed by atoms with Crippen molar-refractivity contribution in [1.82, 2.24) is 15.2 Å². The summed E-state index contributed by atoms with van der Waals surface area (Å²) in [6.45, 7) is 9.11. The fourth-order valence-corrected chi connectivity index (χ4v) is 4.41. The molecule has 3 aromatic rings. The van der Waals surface area contributed by atoms with Crippen LogP contribution in [0.25, 0.3) is 10.9 Å². The van der Waals surface area contributed by atoms with Crippen molar-refractivity contribution < 1.29 is 14.3 Å². The maximum atomic E-state index is 12.9. The average molecular weight is 446 g/mol. The number of rotatable bonds is 6. The van der Waals surface area contributed by atoms with Crippen LogP contribution in [0.3, 0.4) is 0 Å². The first kappa shape index (κ1) is 22.8. The van der Waals surface area contributed by atoms with E-state index in [4.69, 9.17) is 9.72 Å². The number of aryl methyl sites for hydroxylation is 2. The summed E-state index contributed by atoms with van der Waals surface area (Å²) in [5.41, 5.74) is 4.33. The van der Waals surface area contributed by atoms with E-state index < -0.39 is 0 Å². The Labute approximate surface area is 195 Å². The third kappa shape index (κ3) is 5.00. The molecule has 0 bridgehead atoms. The molecule has 1 atom stereocenters. The number of hydrogen-bond donors (Lipinski definition) is 1. The number of hydrogen-bond acceptors (Lipinski definition) is 4. The molecule has 1 aromatic heterocycles. The van der Waals surface area contributed by atoms with Gasteiger partial charge < -0.3 is 15.0 Å². The van der Waals surface area contributed by atoms with Crippen LogP contribution < -0.4 is 10.1 Å². The second-order valence-electron chi connectivity index (χ2n) is 9.07. The average Bonchev–Trinajstić information content (AvgIpc) is 3.28. The number of likely N-dealkylation sites (tertiary alicyclic amines) is 1. The van der Waals surface area contributed by atoms with Gasteiger partial charge in [0.05, 0.1) is 11.1 Å². The molecule has 1 aliphatic heterocycles. The highest BCUT2D eigenvalue weighted by molar-refractivity contribution is 6.06. The normalized spacial score (nSPS) is 15.8. The molecule has 1 N–H and O–H groups in total. The topological polar surface area (TPSA) is 71.5 Å². The lowest BCUT2D eigenvalue weighted by atomic mass is 9.99. The number of carbonyl (C=O) groups is 2. The third-order valence-electron chi connectivity index (χ3n) is 6.11. The lowest BCUT2D eigenvalue weighted by Gasteiger charge is -2.19. The molecule has 0 saturated carbocycles. The molecule has 6 heteroatoms. The van der Waals surface area contributed by atoms with E-state index >= 15 is 0 Å². The summed E-state index contributed by atoms with van der Waals surface area (Å²) in [6, 6.07) is 15.6. The summed E-state index contributed by atoms with van der Waals surface area (Å²) in [5.74, 6) is 0.736. The lowest BCUT2D eigenvalue weighted by Crippen LogP contribution is -2.33. The van der Waals surface area contributed by atoms with Gasteiger partial charge in [0.1, 0.15) is 5.75 Å². The SMILES string of the molecule is Cc1cccc(C)c1OCC(=O)N1CC[C@H](c2cc(C(=O)NC(C)C)c3ccccc3n2)C1. The van der Waals surface area contributed by atoms with Gasteiger partial charge in [-0.05, 0) is 57.4 Å². The number of nitrogens with zero attached hydrogens (tertiary/aromatic N) is 2. The zero-order valence-electron chi connectivity index (χ0n) is 19.7. The fraction of sp³-hybridized carbons (Fsp3) is 0.370. The molecule has 2 amide bonds. The zero-order chi connectivity index (χ0) is 23.5. The van der Waals surface area contributed by atoms with Gasteiger partial charge in [-0.15, -0.1) is 0 Å². The van der Waals surface area contributed by atoms with Gasteiger partial charge in [-0.25, -0.2) is 0 Å². The number of benzene rings is 2. The molecule has 0 radical (unpaired) electrons. The Morgan fingerprint density at radius 1 is 1.12 bits per heavy atom. The van der Waals surface area contributed by atoms with E-state index in [9.17, 15) is 9.59 Å². The van der Waals surface area contributed by atoms with Crippen LogP contribution in [0.2, 0.25) is 0 Å². The Morgan fingerprint density at radius 3 is 2.58 bits per heavy atom. The first-order valence-electron chi connectivity index (χ1n) is 11.5. The van der Waals surface area contributed by atoms with Crippen molar-refractivity contribution in [3.63, 3.8) is 0 Å².